The number of aliphatic carboxylic acids is 1. The second-order valence-corrected chi connectivity index (χ2v) is 4.18. The summed E-state index contributed by atoms with van der Waals surface area (Å²) in [5.74, 6) is -0.0553. The van der Waals surface area contributed by atoms with Crippen LogP contribution < -0.4 is 4.74 Å². The molecule has 0 aliphatic carbocycles. The molecule has 82 valence electrons. The highest BCUT2D eigenvalue weighted by Gasteiger charge is 2.28. The van der Waals surface area contributed by atoms with Crippen LogP contribution >= 0.6 is 0 Å². The topological polar surface area (TPSA) is 46.5 Å². The zero-order valence-corrected chi connectivity index (χ0v) is 9.28. The summed E-state index contributed by atoms with van der Waals surface area (Å²) in [4.78, 5) is 11.0. The minimum Gasteiger partial charge on any atom is -0.496 e. The van der Waals surface area contributed by atoms with Gasteiger partial charge in [0.15, 0.2) is 0 Å². The molecule has 1 rings (SSSR count). The van der Waals surface area contributed by atoms with Gasteiger partial charge >= 0.3 is 5.97 Å². The minimum atomic E-state index is -0.798. The Kier molecular flexibility index (Phi) is 3.35. The molecule has 0 saturated heterocycles. The van der Waals surface area contributed by atoms with Crippen LogP contribution in [0.15, 0.2) is 24.3 Å². The van der Waals surface area contributed by atoms with Gasteiger partial charge in [-0.15, -0.1) is 0 Å². The lowest BCUT2D eigenvalue weighted by molar-refractivity contribution is -0.146. The van der Waals surface area contributed by atoms with Crippen molar-refractivity contribution in [2.45, 2.75) is 20.3 Å². The molecule has 0 saturated carbocycles. The quantitative estimate of drug-likeness (QED) is 0.826. The number of carbonyl (C=O) groups is 1. The van der Waals surface area contributed by atoms with E-state index in [1.165, 1.54) is 0 Å². The standard InChI is InChI=1S/C12H16O3/c1-12(2,11(13)14)8-9-6-4-5-7-10(9)15-3/h4-7H,8H2,1-3H3,(H,13,14). The summed E-state index contributed by atoms with van der Waals surface area (Å²) in [6.45, 7) is 3.42. The fourth-order valence-electron chi connectivity index (χ4n) is 1.40. The van der Waals surface area contributed by atoms with Gasteiger partial charge in [0.2, 0.25) is 0 Å². The number of carboxylic acids is 1. The number of para-hydroxylation sites is 1. The van der Waals surface area contributed by atoms with E-state index in [2.05, 4.69) is 0 Å². The third-order valence-electron chi connectivity index (χ3n) is 2.40. The maximum absolute atomic E-state index is 11.0. The van der Waals surface area contributed by atoms with Gasteiger partial charge in [0.05, 0.1) is 12.5 Å². The molecule has 1 aromatic carbocycles. The van der Waals surface area contributed by atoms with Gasteiger partial charge in [-0.25, -0.2) is 0 Å². The van der Waals surface area contributed by atoms with Gasteiger partial charge in [0, 0.05) is 0 Å². The average Bonchev–Trinajstić information content (AvgIpc) is 2.18. The predicted octanol–water partition coefficient (Wildman–Crippen LogP) is 2.35. The van der Waals surface area contributed by atoms with Gasteiger partial charge in [0.1, 0.15) is 5.75 Å². The number of hydrogen-bond donors (Lipinski definition) is 1. The van der Waals surface area contributed by atoms with Gasteiger partial charge in [-0.3, -0.25) is 4.79 Å². The SMILES string of the molecule is COc1ccccc1CC(C)(C)C(=O)O. The highest BCUT2D eigenvalue weighted by atomic mass is 16.5. The Labute approximate surface area is 89.7 Å². The maximum Gasteiger partial charge on any atom is 0.309 e. The fraction of sp³-hybridized carbons (Fsp3) is 0.417. The summed E-state index contributed by atoms with van der Waals surface area (Å²) < 4.78 is 5.18. The Morgan fingerprint density at radius 3 is 2.53 bits per heavy atom. The summed E-state index contributed by atoms with van der Waals surface area (Å²) in [7, 11) is 1.59. The van der Waals surface area contributed by atoms with Crippen LogP contribution in [0.4, 0.5) is 0 Å². The number of benzene rings is 1. The number of carboxylic acid groups (broad SMARTS) is 1. The fourth-order valence-corrected chi connectivity index (χ4v) is 1.40. The Morgan fingerprint density at radius 2 is 2.00 bits per heavy atom. The van der Waals surface area contributed by atoms with Crippen molar-refractivity contribution in [2.75, 3.05) is 7.11 Å². The van der Waals surface area contributed by atoms with E-state index in [1.54, 1.807) is 21.0 Å². The van der Waals surface area contributed by atoms with Crippen LogP contribution in [0.1, 0.15) is 19.4 Å². The number of ether oxygens (including phenoxy) is 1. The van der Waals surface area contributed by atoms with Crippen molar-refractivity contribution in [3.05, 3.63) is 29.8 Å². The van der Waals surface area contributed by atoms with Crippen molar-refractivity contribution in [2.24, 2.45) is 5.41 Å². The molecule has 0 aromatic heterocycles. The number of rotatable bonds is 4. The van der Waals surface area contributed by atoms with E-state index in [-0.39, 0.29) is 0 Å². The Balaban J connectivity index is 2.94. The summed E-state index contributed by atoms with van der Waals surface area (Å²) in [6.07, 6.45) is 0.465. The van der Waals surface area contributed by atoms with Crippen molar-refractivity contribution < 1.29 is 14.6 Å². The van der Waals surface area contributed by atoms with E-state index >= 15 is 0 Å². The van der Waals surface area contributed by atoms with Gasteiger partial charge in [0.25, 0.3) is 0 Å². The second-order valence-electron chi connectivity index (χ2n) is 4.18. The number of hydrogen-bond acceptors (Lipinski definition) is 2. The Bertz CT molecular complexity index is 356. The second kappa shape index (κ2) is 4.34. The molecule has 1 aromatic rings. The highest BCUT2D eigenvalue weighted by molar-refractivity contribution is 5.74. The Morgan fingerprint density at radius 1 is 1.40 bits per heavy atom. The van der Waals surface area contributed by atoms with E-state index in [0.717, 1.165) is 11.3 Å². The third kappa shape index (κ3) is 2.72. The van der Waals surface area contributed by atoms with Gasteiger partial charge in [-0.05, 0) is 31.9 Å². The summed E-state index contributed by atoms with van der Waals surface area (Å²) in [5.41, 5.74) is 0.154. The van der Waals surface area contributed by atoms with Crippen molar-refractivity contribution in [1.82, 2.24) is 0 Å². The molecule has 0 unspecified atom stereocenters. The Hall–Kier alpha value is -1.51. The predicted molar refractivity (Wildman–Crippen MR) is 58.1 cm³/mol. The third-order valence-corrected chi connectivity index (χ3v) is 2.40. The molecule has 0 heterocycles. The average molecular weight is 208 g/mol. The van der Waals surface area contributed by atoms with Gasteiger partial charge in [-0.1, -0.05) is 18.2 Å². The van der Waals surface area contributed by atoms with Crippen molar-refractivity contribution in [3.63, 3.8) is 0 Å². The molecule has 0 aliphatic heterocycles. The molecule has 0 atom stereocenters. The van der Waals surface area contributed by atoms with E-state index < -0.39 is 11.4 Å². The van der Waals surface area contributed by atoms with Crippen LogP contribution in [0, 0.1) is 5.41 Å². The summed E-state index contributed by atoms with van der Waals surface area (Å²) >= 11 is 0. The van der Waals surface area contributed by atoms with Gasteiger partial charge < -0.3 is 9.84 Å². The lowest BCUT2D eigenvalue weighted by Gasteiger charge is -2.20. The smallest absolute Gasteiger partial charge is 0.309 e. The van der Waals surface area contributed by atoms with Crippen molar-refractivity contribution >= 4 is 5.97 Å². The van der Waals surface area contributed by atoms with Crippen LogP contribution in [0.5, 0.6) is 5.75 Å². The highest BCUT2D eigenvalue weighted by Crippen LogP contribution is 2.27. The molecule has 0 radical (unpaired) electrons. The zero-order chi connectivity index (χ0) is 11.5. The zero-order valence-electron chi connectivity index (χ0n) is 9.28. The first-order valence-electron chi connectivity index (χ1n) is 4.82. The molecule has 0 bridgehead atoms. The van der Waals surface area contributed by atoms with E-state index in [9.17, 15) is 4.79 Å². The van der Waals surface area contributed by atoms with Crippen LogP contribution in [0.25, 0.3) is 0 Å². The molecule has 1 N–H and O–H groups in total. The monoisotopic (exact) mass is 208 g/mol. The van der Waals surface area contributed by atoms with E-state index in [0.29, 0.717) is 6.42 Å². The normalized spacial score (nSPS) is 11.1. The van der Waals surface area contributed by atoms with E-state index in [1.807, 2.05) is 24.3 Å². The number of methoxy groups -OCH3 is 1. The molecule has 0 aliphatic rings. The van der Waals surface area contributed by atoms with Gasteiger partial charge in [-0.2, -0.15) is 0 Å². The first-order chi connectivity index (χ1) is 6.97. The molecular formula is C12H16O3. The molecule has 0 fully saturated rings. The molecule has 0 amide bonds. The summed E-state index contributed by atoms with van der Waals surface area (Å²) in [6, 6.07) is 7.49. The molecule has 3 nitrogen and oxygen atoms in total. The maximum atomic E-state index is 11.0. The minimum absolute atomic E-state index is 0.465. The van der Waals surface area contributed by atoms with Crippen LogP contribution in [-0.2, 0) is 11.2 Å². The first kappa shape index (κ1) is 11.6. The summed E-state index contributed by atoms with van der Waals surface area (Å²) in [5, 5.41) is 9.03. The van der Waals surface area contributed by atoms with Crippen LogP contribution in [0.2, 0.25) is 0 Å². The molecule has 15 heavy (non-hydrogen) atoms. The van der Waals surface area contributed by atoms with Crippen molar-refractivity contribution in [3.8, 4) is 5.75 Å². The van der Waals surface area contributed by atoms with E-state index in [4.69, 9.17) is 9.84 Å². The largest absolute Gasteiger partial charge is 0.496 e. The molecule has 0 spiro atoms. The molecule has 3 heteroatoms. The lowest BCUT2D eigenvalue weighted by atomic mass is 9.85. The lowest BCUT2D eigenvalue weighted by Crippen LogP contribution is -2.26. The van der Waals surface area contributed by atoms with Crippen LogP contribution in [-0.4, -0.2) is 18.2 Å². The van der Waals surface area contributed by atoms with Crippen molar-refractivity contribution in [1.29, 1.82) is 0 Å². The molecular weight excluding hydrogens is 192 g/mol. The first-order valence-corrected chi connectivity index (χ1v) is 4.82. The van der Waals surface area contributed by atoms with Crippen LogP contribution in [0.3, 0.4) is 0 Å².